The Labute approximate surface area is 256 Å². The number of fused-ring (bicyclic) bond motifs is 3. The van der Waals surface area contributed by atoms with Gasteiger partial charge in [-0.2, -0.15) is 0 Å². The molecule has 7 rings (SSSR count). The van der Waals surface area contributed by atoms with E-state index in [1.54, 1.807) is 0 Å². The zero-order valence-electron chi connectivity index (χ0n) is 26.0. The van der Waals surface area contributed by atoms with Crippen molar-refractivity contribution in [2.24, 2.45) is 0 Å². The lowest BCUT2D eigenvalue weighted by atomic mass is 9.76. The zero-order valence-corrected chi connectivity index (χ0v) is 26.0. The predicted molar refractivity (Wildman–Crippen MR) is 179 cm³/mol. The summed E-state index contributed by atoms with van der Waals surface area (Å²) in [5, 5.41) is 0. The maximum atomic E-state index is 6.36. The van der Waals surface area contributed by atoms with E-state index in [9.17, 15) is 0 Å². The van der Waals surface area contributed by atoms with Crippen LogP contribution in [0.1, 0.15) is 75.3 Å². The van der Waals surface area contributed by atoms with Crippen LogP contribution in [0.15, 0.2) is 121 Å². The van der Waals surface area contributed by atoms with Crippen LogP contribution in [-0.4, -0.2) is 18.3 Å². The minimum Gasteiger partial charge on any atom is -0.399 e. The highest BCUT2D eigenvalue weighted by Crippen LogP contribution is 2.50. The van der Waals surface area contributed by atoms with E-state index < -0.39 is 0 Å². The Bertz CT molecular complexity index is 1770. The molecular weight excluding hydrogens is 523 g/mol. The van der Waals surface area contributed by atoms with Gasteiger partial charge in [-0.05, 0) is 83.2 Å². The molecule has 0 spiro atoms. The molecule has 214 valence electrons. The summed E-state index contributed by atoms with van der Waals surface area (Å²) in [6, 6.07) is 44.5. The lowest BCUT2D eigenvalue weighted by Crippen LogP contribution is -2.41. The van der Waals surface area contributed by atoms with Crippen molar-refractivity contribution < 1.29 is 9.31 Å². The first-order valence-corrected chi connectivity index (χ1v) is 15.4. The highest BCUT2D eigenvalue weighted by molar-refractivity contribution is 6.62. The van der Waals surface area contributed by atoms with Crippen LogP contribution in [-0.2, 0) is 14.7 Å². The van der Waals surface area contributed by atoms with Gasteiger partial charge in [0.2, 0.25) is 0 Å². The molecule has 0 aromatic heterocycles. The smallest absolute Gasteiger partial charge is 0.399 e. The van der Waals surface area contributed by atoms with E-state index in [1.807, 2.05) is 0 Å². The molecule has 1 atom stereocenters. The second-order valence-corrected chi connectivity index (χ2v) is 13.7. The lowest BCUT2D eigenvalue weighted by molar-refractivity contribution is 0.00578. The van der Waals surface area contributed by atoms with Crippen molar-refractivity contribution in [2.75, 3.05) is 0 Å². The largest absolute Gasteiger partial charge is 0.494 e. The second kappa shape index (κ2) is 10.1. The first kappa shape index (κ1) is 27.9. The summed E-state index contributed by atoms with van der Waals surface area (Å²) in [5.41, 5.74) is 12.0. The molecule has 0 N–H and O–H groups in total. The molecule has 1 unspecified atom stereocenters. The van der Waals surface area contributed by atoms with Crippen molar-refractivity contribution in [3.05, 3.63) is 149 Å². The minimum atomic E-state index is -0.373. The quantitative estimate of drug-likeness (QED) is 0.157. The summed E-state index contributed by atoms with van der Waals surface area (Å²) in [6.45, 7) is 13.1. The van der Waals surface area contributed by atoms with Gasteiger partial charge in [0.05, 0.1) is 11.2 Å². The summed E-state index contributed by atoms with van der Waals surface area (Å²) < 4.78 is 12.7. The van der Waals surface area contributed by atoms with Crippen LogP contribution in [0.3, 0.4) is 0 Å². The van der Waals surface area contributed by atoms with Crippen LogP contribution >= 0.6 is 0 Å². The maximum absolute atomic E-state index is 6.36. The molecule has 1 aliphatic heterocycles. The van der Waals surface area contributed by atoms with Gasteiger partial charge in [-0.1, -0.05) is 135 Å². The molecule has 1 heterocycles. The van der Waals surface area contributed by atoms with Crippen LogP contribution in [0, 0.1) is 0 Å². The summed E-state index contributed by atoms with van der Waals surface area (Å²) in [4.78, 5) is 0. The molecule has 5 aromatic rings. The molecule has 2 aliphatic rings. The first-order chi connectivity index (χ1) is 20.5. The van der Waals surface area contributed by atoms with E-state index in [4.69, 9.17) is 9.31 Å². The van der Waals surface area contributed by atoms with Crippen molar-refractivity contribution in [3.63, 3.8) is 0 Å². The Morgan fingerprint density at radius 3 is 1.65 bits per heavy atom. The summed E-state index contributed by atoms with van der Waals surface area (Å²) in [5.74, 6) is 0.0852. The van der Waals surface area contributed by atoms with Gasteiger partial charge in [-0.25, -0.2) is 0 Å². The van der Waals surface area contributed by atoms with Gasteiger partial charge < -0.3 is 9.31 Å². The molecule has 0 saturated carbocycles. The van der Waals surface area contributed by atoms with Gasteiger partial charge in [-0.15, -0.1) is 0 Å². The standard InChI is InChI=1S/C40H39BO2/c1-38(2)35-15-11-10-14-33(35)34-25-22-31(26-36(34)38)37(29-18-16-28(17-19-29)27-12-8-7-9-13-27)30-20-23-32(24-21-30)41-42-39(3,4)40(5,6)43-41/h7-26,37H,1-6H3. The second-order valence-electron chi connectivity index (χ2n) is 13.7. The Morgan fingerprint density at radius 2 is 1.00 bits per heavy atom. The van der Waals surface area contributed by atoms with Crippen LogP contribution in [0.2, 0.25) is 0 Å². The topological polar surface area (TPSA) is 18.5 Å². The molecule has 1 saturated heterocycles. The van der Waals surface area contributed by atoms with Gasteiger partial charge in [0.1, 0.15) is 0 Å². The minimum absolute atomic E-state index is 0.0513. The van der Waals surface area contributed by atoms with E-state index in [1.165, 1.54) is 50.1 Å². The molecule has 3 heteroatoms. The van der Waals surface area contributed by atoms with Crippen LogP contribution in [0.5, 0.6) is 0 Å². The number of benzene rings is 5. The van der Waals surface area contributed by atoms with E-state index in [-0.39, 0.29) is 29.7 Å². The van der Waals surface area contributed by atoms with Crippen molar-refractivity contribution in [1.82, 2.24) is 0 Å². The van der Waals surface area contributed by atoms with Crippen LogP contribution in [0.4, 0.5) is 0 Å². The van der Waals surface area contributed by atoms with E-state index >= 15 is 0 Å². The fourth-order valence-electron chi connectivity index (χ4n) is 6.80. The monoisotopic (exact) mass is 562 g/mol. The Balaban J connectivity index is 1.30. The van der Waals surface area contributed by atoms with Crippen LogP contribution in [0.25, 0.3) is 22.3 Å². The van der Waals surface area contributed by atoms with E-state index in [0.29, 0.717) is 0 Å². The van der Waals surface area contributed by atoms with Gasteiger partial charge >= 0.3 is 7.12 Å². The highest BCUT2D eigenvalue weighted by Gasteiger charge is 2.51. The third-order valence-corrected chi connectivity index (χ3v) is 10.1. The zero-order chi connectivity index (χ0) is 30.0. The molecule has 2 nitrogen and oxygen atoms in total. The fraction of sp³-hybridized carbons (Fsp3) is 0.250. The number of rotatable bonds is 5. The number of hydrogen-bond donors (Lipinski definition) is 0. The third kappa shape index (κ3) is 4.67. The van der Waals surface area contributed by atoms with Crippen molar-refractivity contribution in [3.8, 4) is 22.3 Å². The van der Waals surface area contributed by atoms with Gasteiger partial charge in [0.25, 0.3) is 0 Å². The Morgan fingerprint density at radius 1 is 0.488 bits per heavy atom. The average Bonchev–Trinajstić information content (AvgIpc) is 3.38. The van der Waals surface area contributed by atoms with Gasteiger partial charge in [0.15, 0.2) is 0 Å². The Hall–Kier alpha value is -3.92. The molecule has 0 radical (unpaired) electrons. The Kier molecular flexibility index (Phi) is 6.54. The molecule has 5 aromatic carbocycles. The van der Waals surface area contributed by atoms with Crippen molar-refractivity contribution in [2.45, 2.75) is 64.1 Å². The van der Waals surface area contributed by atoms with E-state index in [2.05, 4.69) is 163 Å². The van der Waals surface area contributed by atoms with Gasteiger partial charge in [0, 0.05) is 11.3 Å². The molecular formula is C40H39BO2. The van der Waals surface area contributed by atoms with E-state index in [0.717, 1.165) is 5.46 Å². The lowest BCUT2D eigenvalue weighted by Gasteiger charge is -2.32. The fourth-order valence-corrected chi connectivity index (χ4v) is 6.80. The summed E-state index contributed by atoms with van der Waals surface area (Å²) in [7, 11) is -0.373. The molecule has 1 fully saturated rings. The maximum Gasteiger partial charge on any atom is 0.494 e. The molecule has 0 amide bonds. The number of hydrogen-bond acceptors (Lipinski definition) is 2. The normalized spacial score (nSPS) is 18.2. The molecule has 1 aliphatic carbocycles. The SMILES string of the molecule is CC1(C)c2ccccc2-c2ccc(C(c3ccc(B4OC(C)(C)C(C)(C)O4)cc3)c3ccc(-c4ccccc4)cc3)cc21. The highest BCUT2D eigenvalue weighted by atomic mass is 16.7. The predicted octanol–water partition coefficient (Wildman–Crippen LogP) is 9.14. The van der Waals surface area contributed by atoms with Crippen molar-refractivity contribution >= 4 is 12.6 Å². The van der Waals surface area contributed by atoms with Crippen molar-refractivity contribution in [1.29, 1.82) is 0 Å². The van der Waals surface area contributed by atoms with Gasteiger partial charge in [-0.3, -0.25) is 0 Å². The first-order valence-electron chi connectivity index (χ1n) is 15.4. The summed E-state index contributed by atoms with van der Waals surface area (Å²) >= 11 is 0. The average molecular weight is 563 g/mol. The third-order valence-electron chi connectivity index (χ3n) is 10.1. The molecule has 43 heavy (non-hydrogen) atoms. The molecule has 0 bridgehead atoms. The summed E-state index contributed by atoms with van der Waals surface area (Å²) in [6.07, 6.45) is 0. The van der Waals surface area contributed by atoms with Crippen LogP contribution < -0.4 is 5.46 Å².